The highest BCUT2D eigenvalue weighted by molar-refractivity contribution is 9.10. The fourth-order valence-corrected chi connectivity index (χ4v) is 1.84. The molecule has 1 aromatic carbocycles. The first-order valence-corrected chi connectivity index (χ1v) is 5.01. The van der Waals surface area contributed by atoms with Gasteiger partial charge in [0.05, 0.1) is 17.7 Å². The molecule has 0 heterocycles. The third kappa shape index (κ3) is 2.23. The number of aryl methyl sites for hydroxylation is 1. The van der Waals surface area contributed by atoms with Gasteiger partial charge in [-0.15, -0.1) is 0 Å². The van der Waals surface area contributed by atoms with E-state index in [1.54, 1.807) is 0 Å². The van der Waals surface area contributed by atoms with Gasteiger partial charge in [-0.05, 0) is 47.0 Å². The van der Waals surface area contributed by atoms with Gasteiger partial charge in [0.15, 0.2) is 0 Å². The van der Waals surface area contributed by atoms with E-state index in [-0.39, 0.29) is 6.61 Å². The molecule has 0 aromatic heterocycles. The highest BCUT2D eigenvalue weighted by Crippen LogP contribution is 2.30. The second-order valence-corrected chi connectivity index (χ2v) is 3.56. The normalized spacial score (nSPS) is 10.2. The van der Waals surface area contributed by atoms with Crippen molar-refractivity contribution >= 4 is 15.9 Å². The molecule has 0 atom stereocenters. The Bertz CT molecular complexity index is 297. The Hall–Kier alpha value is -0.540. The highest BCUT2D eigenvalue weighted by Gasteiger charge is 2.08. The smallest absolute Gasteiger partial charge is 0.133 e. The van der Waals surface area contributed by atoms with Gasteiger partial charge in [-0.1, -0.05) is 6.07 Å². The number of benzene rings is 1. The lowest BCUT2D eigenvalue weighted by Crippen LogP contribution is -1.97. The summed E-state index contributed by atoms with van der Waals surface area (Å²) in [6.07, 6.45) is 0. The van der Waals surface area contributed by atoms with E-state index in [0.29, 0.717) is 6.61 Å². The first-order valence-electron chi connectivity index (χ1n) is 4.22. The van der Waals surface area contributed by atoms with Crippen LogP contribution in [0.5, 0.6) is 5.75 Å². The Labute approximate surface area is 86.7 Å². The molecule has 0 fully saturated rings. The first-order chi connectivity index (χ1) is 6.20. The Morgan fingerprint density at radius 2 is 2.15 bits per heavy atom. The van der Waals surface area contributed by atoms with Crippen LogP contribution in [0.1, 0.15) is 18.1 Å². The number of hydrogen-bond acceptors (Lipinski definition) is 2. The number of rotatable bonds is 3. The third-order valence-electron chi connectivity index (χ3n) is 1.90. The molecule has 1 aromatic rings. The topological polar surface area (TPSA) is 29.5 Å². The Balaban J connectivity index is 3.11. The minimum Gasteiger partial charge on any atom is -0.493 e. The fraction of sp³-hybridized carbons (Fsp3) is 0.400. The Morgan fingerprint density at radius 1 is 1.46 bits per heavy atom. The van der Waals surface area contributed by atoms with E-state index in [9.17, 15) is 0 Å². The lowest BCUT2D eigenvalue weighted by Gasteiger charge is -2.11. The summed E-state index contributed by atoms with van der Waals surface area (Å²) in [6.45, 7) is 4.57. The number of hydrogen-bond donors (Lipinski definition) is 1. The second-order valence-electron chi connectivity index (χ2n) is 2.76. The van der Waals surface area contributed by atoms with Crippen LogP contribution in [-0.2, 0) is 6.61 Å². The van der Waals surface area contributed by atoms with E-state index >= 15 is 0 Å². The van der Waals surface area contributed by atoms with E-state index in [0.717, 1.165) is 21.3 Å². The lowest BCUT2D eigenvalue weighted by atomic mass is 10.1. The zero-order valence-corrected chi connectivity index (χ0v) is 9.39. The minimum atomic E-state index is 0.0351. The van der Waals surface area contributed by atoms with Crippen molar-refractivity contribution in [2.45, 2.75) is 20.5 Å². The van der Waals surface area contributed by atoms with E-state index in [4.69, 9.17) is 9.84 Å². The number of aliphatic hydroxyl groups excluding tert-OH is 1. The summed E-state index contributed by atoms with van der Waals surface area (Å²) in [5.41, 5.74) is 1.96. The summed E-state index contributed by atoms with van der Waals surface area (Å²) < 4.78 is 6.23. The maximum Gasteiger partial charge on any atom is 0.133 e. The van der Waals surface area contributed by atoms with Gasteiger partial charge in [0.25, 0.3) is 0 Å². The predicted octanol–water partition coefficient (Wildman–Crippen LogP) is 2.65. The molecule has 2 nitrogen and oxygen atoms in total. The van der Waals surface area contributed by atoms with Gasteiger partial charge in [-0.2, -0.15) is 0 Å². The summed E-state index contributed by atoms with van der Waals surface area (Å²) in [5.74, 6) is 0.789. The van der Waals surface area contributed by atoms with Crippen LogP contribution in [0.3, 0.4) is 0 Å². The summed E-state index contributed by atoms with van der Waals surface area (Å²) in [4.78, 5) is 0. The zero-order valence-electron chi connectivity index (χ0n) is 7.80. The van der Waals surface area contributed by atoms with E-state index < -0.39 is 0 Å². The zero-order chi connectivity index (χ0) is 9.84. The summed E-state index contributed by atoms with van der Waals surface area (Å²) in [6, 6.07) is 3.85. The molecule has 0 aliphatic heterocycles. The van der Waals surface area contributed by atoms with Crippen LogP contribution in [-0.4, -0.2) is 11.7 Å². The molecule has 72 valence electrons. The molecule has 0 aliphatic rings. The van der Waals surface area contributed by atoms with Crippen molar-refractivity contribution in [3.05, 3.63) is 27.7 Å². The van der Waals surface area contributed by atoms with Crippen molar-refractivity contribution in [2.24, 2.45) is 0 Å². The molecule has 13 heavy (non-hydrogen) atoms. The SMILES string of the molecule is CCOc1ccc(C)c(CO)c1Br. The van der Waals surface area contributed by atoms with Gasteiger partial charge in [0, 0.05) is 0 Å². The minimum absolute atomic E-state index is 0.0351. The molecule has 0 bridgehead atoms. The molecule has 0 aliphatic carbocycles. The van der Waals surface area contributed by atoms with Gasteiger partial charge in [0.1, 0.15) is 5.75 Å². The van der Waals surface area contributed by atoms with Crippen molar-refractivity contribution in [2.75, 3.05) is 6.61 Å². The van der Waals surface area contributed by atoms with Crippen molar-refractivity contribution < 1.29 is 9.84 Å². The van der Waals surface area contributed by atoms with E-state index in [2.05, 4.69) is 15.9 Å². The highest BCUT2D eigenvalue weighted by atomic mass is 79.9. The fourth-order valence-electron chi connectivity index (χ4n) is 1.16. The Kier molecular flexibility index (Phi) is 3.75. The maximum atomic E-state index is 9.11. The lowest BCUT2D eigenvalue weighted by molar-refractivity contribution is 0.278. The van der Waals surface area contributed by atoms with Crippen LogP contribution in [0.4, 0.5) is 0 Å². The summed E-state index contributed by atoms with van der Waals surface area (Å²) in [7, 11) is 0. The van der Waals surface area contributed by atoms with E-state index in [1.807, 2.05) is 26.0 Å². The average molecular weight is 245 g/mol. The van der Waals surface area contributed by atoms with Crippen LogP contribution < -0.4 is 4.74 Å². The molecule has 1 N–H and O–H groups in total. The Morgan fingerprint density at radius 3 is 2.69 bits per heavy atom. The molecule has 0 saturated carbocycles. The molecule has 0 unspecified atom stereocenters. The largest absolute Gasteiger partial charge is 0.493 e. The molecule has 3 heteroatoms. The maximum absolute atomic E-state index is 9.11. The molecular weight excluding hydrogens is 232 g/mol. The van der Waals surface area contributed by atoms with Gasteiger partial charge in [-0.3, -0.25) is 0 Å². The number of ether oxygens (including phenoxy) is 1. The number of aliphatic hydroxyl groups is 1. The molecule has 1 rings (SSSR count). The van der Waals surface area contributed by atoms with Crippen LogP contribution in [0.25, 0.3) is 0 Å². The van der Waals surface area contributed by atoms with Crippen molar-refractivity contribution in [1.82, 2.24) is 0 Å². The molecule has 0 radical (unpaired) electrons. The standard InChI is InChI=1S/C10H13BrO2/c1-3-13-9-5-4-7(2)8(6-12)10(9)11/h4-5,12H,3,6H2,1-2H3. The number of halogens is 1. The van der Waals surface area contributed by atoms with Gasteiger partial charge in [0.2, 0.25) is 0 Å². The summed E-state index contributed by atoms with van der Waals surface area (Å²) in [5, 5.41) is 9.11. The van der Waals surface area contributed by atoms with Crippen molar-refractivity contribution in [3.63, 3.8) is 0 Å². The molecule has 0 saturated heterocycles. The van der Waals surface area contributed by atoms with Gasteiger partial charge in [-0.25, -0.2) is 0 Å². The van der Waals surface area contributed by atoms with Crippen LogP contribution in [0.2, 0.25) is 0 Å². The van der Waals surface area contributed by atoms with Crippen LogP contribution in [0.15, 0.2) is 16.6 Å². The quantitative estimate of drug-likeness (QED) is 0.886. The van der Waals surface area contributed by atoms with E-state index in [1.165, 1.54) is 0 Å². The second kappa shape index (κ2) is 4.63. The van der Waals surface area contributed by atoms with Crippen LogP contribution in [0, 0.1) is 6.92 Å². The third-order valence-corrected chi connectivity index (χ3v) is 2.77. The van der Waals surface area contributed by atoms with Crippen LogP contribution >= 0.6 is 15.9 Å². The first kappa shape index (κ1) is 10.5. The predicted molar refractivity (Wildman–Crippen MR) is 56.0 cm³/mol. The summed E-state index contributed by atoms with van der Waals surface area (Å²) >= 11 is 3.41. The average Bonchev–Trinajstić information content (AvgIpc) is 2.11. The van der Waals surface area contributed by atoms with Crippen molar-refractivity contribution in [1.29, 1.82) is 0 Å². The van der Waals surface area contributed by atoms with Gasteiger partial charge < -0.3 is 9.84 Å². The van der Waals surface area contributed by atoms with Gasteiger partial charge >= 0.3 is 0 Å². The molecular formula is C10H13BrO2. The van der Waals surface area contributed by atoms with Crippen molar-refractivity contribution in [3.8, 4) is 5.75 Å². The molecule has 0 spiro atoms. The monoisotopic (exact) mass is 244 g/mol. The molecule has 0 amide bonds.